The smallest absolute Gasteiger partial charge is 0.417 e. The maximum absolute atomic E-state index is 12.0. The average molecular weight is 312 g/mol. The molecule has 0 unspecified atom stereocenters. The number of rotatable bonds is 5. The summed E-state index contributed by atoms with van der Waals surface area (Å²) < 4.78 is 10.0. The predicted octanol–water partition coefficient (Wildman–Crippen LogP) is 2.70. The summed E-state index contributed by atoms with van der Waals surface area (Å²) in [5.41, 5.74) is 2.71. The van der Waals surface area contributed by atoms with Crippen molar-refractivity contribution in [1.29, 1.82) is 0 Å². The SMILES string of the molecule is COc1ccc(CCC(=O)Nc2ccc3oc(=O)[nH]c3c2)cc1. The standard InChI is InChI=1S/C17H16N2O4/c1-22-13-6-2-11(3-7-13)4-9-16(20)18-12-5-8-15-14(10-12)19-17(21)23-15/h2-3,5-8,10H,4,9H2,1H3,(H,18,20)(H,19,21). The minimum atomic E-state index is -0.511. The third kappa shape index (κ3) is 3.60. The number of benzene rings is 2. The number of anilines is 1. The number of aromatic nitrogens is 1. The van der Waals surface area contributed by atoms with Gasteiger partial charge in [-0.05, 0) is 42.3 Å². The summed E-state index contributed by atoms with van der Waals surface area (Å²) in [7, 11) is 1.62. The third-order valence-electron chi connectivity index (χ3n) is 3.50. The van der Waals surface area contributed by atoms with Crippen LogP contribution in [0.3, 0.4) is 0 Å². The van der Waals surface area contributed by atoms with E-state index in [2.05, 4.69) is 10.3 Å². The van der Waals surface area contributed by atoms with Gasteiger partial charge in [-0.2, -0.15) is 0 Å². The second-order valence-corrected chi connectivity index (χ2v) is 5.12. The maximum atomic E-state index is 12.0. The normalized spacial score (nSPS) is 10.7. The van der Waals surface area contributed by atoms with Crippen molar-refractivity contribution in [3.05, 3.63) is 58.6 Å². The van der Waals surface area contributed by atoms with E-state index in [4.69, 9.17) is 9.15 Å². The molecular weight excluding hydrogens is 296 g/mol. The molecule has 0 atom stereocenters. The highest BCUT2D eigenvalue weighted by atomic mass is 16.5. The van der Waals surface area contributed by atoms with Gasteiger partial charge < -0.3 is 14.5 Å². The molecule has 0 saturated carbocycles. The van der Waals surface area contributed by atoms with Crippen molar-refractivity contribution >= 4 is 22.7 Å². The van der Waals surface area contributed by atoms with Crippen LogP contribution in [0.4, 0.5) is 5.69 Å². The number of H-pyrrole nitrogens is 1. The lowest BCUT2D eigenvalue weighted by Gasteiger charge is -2.06. The predicted molar refractivity (Wildman–Crippen MR) is 86.8 cm³/mol. The fourth-order valence-corrected chi connectivity index (χ4v) is 2.30. The van der Waals surface area contributed by atoms with E-state index in [0.29, 0.717) is 29.6 Å². The van der Waals surface area contributed by atoms with E-state index in [0.717, 1.165) is 11.3 Å². The Hall–Kier alpha value is -3.02. The van der Waals surface area contributed by atoms with Crippen LogP contribution in [-0.4, -0.2) is 18.0 Å². The van der Waals surface area contributed by atoms with E-state index in [1.54, 1.807) is 25.3 Å². The largest absolute Gasteiger partial charge is 0.497 e. The Morgan fingerprint density at radius 3 is 2.74 bits per heavy atom. The third-order valence-corrected chi connectivity index (χ3v) is 3.50. The second-order valence-electron chi connectivity index (χ2n) is 5.12. The van der Waals surface area contributed by atoms with Crippen LogP contribution in [0.1, 0.15) is 12.0 Å². The van der Waals surface area contributed by atoms with Gasteiger partial charge in [0.05, 0.1) is 12.6 Å². The van der Waals surface area contributed by atoms with Gasteiger partial charge in [0.1, 0.15) is 5.75 Å². The van der Waals surface area contributed by atoms with Crippen LogP contribution >= 0.6 is 0 Å². The monoisotopic (exact) mass is 312 g/mol. The van der Waals surface area contributed by atoms with Gasteiger partial charge in [-0.1, -0.05) is 12.1 Å². The molecule has 23 heavy (non-hydrogen) atoms. The molecule has 0 aliphatic carbocycles. The number of oxazole rings is 1. The molecule has 3 rings (SSSR count). The summed E-state index contributed by atoms with van der Waals surface area (Å²) in [5.74, 6) is 0.189. The molecule has 2 aromatic carbocycles. The van der Waals surface area contributed by atoms with Crippen LogP contribution in [0.2, 0.25) is 0 Å². The Kier molecular flexibility index (Phi) is 4.14. The molecule has 0 aliphatic rings. The van der Waals surface area contributed by atoms with E-state index >= 15 is 0 Å². The molecule has 2 N–H and O–H groups in total. The molecule has 0 radical (unpaired) electrons. The highest BCUT2D eigenvalue weighted by molar-refractivity contribution is 5.92. The summed E-state index contributed by atoms with van der Waals surface area (Å²) in [5, 5.41) is 2.81. The van der Waals surface area contributed by atoms with Crippen LogP contribution in [0.5, 0.6) is 5.75 Å². The molecule has 6 nitrogen and oxygen atoms in total. The van der Waals surface area contributed by atoms with Gasteiger partial charge in [0, 0.05) is 12.1 Å². The van der Waals surface area contributed by atoms with Crippen molar-refractivity contribution in [3.63, 3.8) is 0 Å². The number of amides is 1. The van der Waals surface area contributed by atoms with Crippen LogP contribution in [-0.2, 0) is 11.2 Å². The molecule has 118 valence electrons. The fourth-order valence-electron chi connectivity index (χ4n) is 2.30. The summed E-state index contributed by atoms with van der Waals surface area (Å²) in [4.78, 5) is 25.7. The molecule has 1 amide bonds. The Morgan fingerprint density at radius 1 is 1.22 bits per heavy atom. The number of fused-ring (bicyclic) bond motifs is 1. The fraction of sp³-hybridized carbons (Fsp3) is 0.176. The van der Waals surface area contributed by atoms with Gasteiger partial charge in [0.25, 0.3) is 0 Å². The zero-order valence-electron chi connectivity index (χ0n) is 12.6. The van der Waals surface area contributed by atoms with Crippen LogP contribution in [0.15, 0.2) is 51.7 Å². The number of methoxy groups -OCH3 is 1. The molecule has 3 aromatic rings. The lowest BCUT2D eigenvalue weighted by molar-refractivity contribution is -0.116. The first-order valence-electron chi connectivity index (χ1n) is 7.20. The van der Waals surface area contributed by atoms with Crippen molar-refractivity contribution < 1.29 is 13.9 Å². The number of ether oxygens (including phenoxy) is 1. The number of aryl methyl sites for hydroxylation is 1. The van der Waals surface area contributed by atoms with Gasteiger partial charge in [-0.3, -0.25) is 9.78 Å². The Labute approximate surface area is 132 Å². The van der Waals surface area contributed by atoms with E-state index in [1.165, 1.54) is 0 Å². The molecule has 6 heteroatoms. The lowest BCUT2D eigenvalue weighted by Crippen LogP contribution is -2.12. The van der Waals surface area contributed by atoms with Crippen molar-refractivity contribution in [1.82, 2.24) is 4.98 Å². The molecule has 0 spiro atoms. The summed E-state index contributed by atoms with van der Waals surface area (Å²) in [6.45, 7) is 0. The second kappa shape index (κ2) is 6.39. The quantitative estimate of drug-likeness (QED) is 0.758. The van der Waals surface area contributed by atoms with Gasteiger partial charge in [0.15, 0.2) is 5.58 Å². The minimum absolute atomic E-state index is 0.0917. The first-order chi connectivity index (χ1) is 11.1. The van der Waals surface area contributed by atoms with Crippen LogP contribution in [0.25, 0.3) is 11.1 Å². The number of hydrogen-bond acceptors (Lipinski definition) is 4. The van der Waals surface area contributed by atoms with Gasteiger partial charge >= 0.3 is 5.76 Å². The van der Waals surface area contributed by atoms with Crippen LogP contribution < -0.4 is 15.8 Å². The summed E-state index contributed by atoms with van der Waals surface area (Å²) in [6.07, 6.45) is 1.01. The number of carbonyl (C=O) groups is 1. The van der Waals surface area contributed by atoms with Crippen LogP contribution in [0, 0.1) is 0 Å². The molecular formula is C17H16N2O4. The first kappa shape index (κ1) is 14.9. The van der Waals surface area contributed by atoms with Gasteiger partial charge in [-0.25, -0.2) is 4.79 Å². The lowest BCUT2D eigenvalue weighted by atomic mass is 10.1. The van der Waals surface area contributed by atoms with Crippen molar-refractivity contribution in [2.75, 3.05) is 12.4 Å². The number of carbonyl (C=O) groups excluding carboxylic acids is 1. The molecule has 0 fully saturated rings. The van der Waals surface area contributed by atoms with Gasteiger partial charge in [0.2, 0.25) is 5.91 Å². The topological polar surface area (TPSA) is 84.3 Å². The molecule has 0 saturated heterocycles. The Bertz CT molecular complexity index is 877. The van der Waals surface area contributed by atoms with Crippen molar-refractivity contribution in [2.45, 2.75) is 12.8 Å². The Balaban J connectivity index is 1.60. The Morgan fingerprint density at radius 2 is 2.00 bits per heavy atom. The summed E-state index contributed by atoms with van der Waals surface area (Å²) >= 11 is 0. The highest BCUT2D eigenvalue weighted by Crippen LogP contribution is 2.17. The van der Waals surface area contributed by atoms with E-state index in [9.17, 15) is 9.59 Å². The van der Waals surface area contributed by atoms with Gasteiger partial charge in [-0.15, -0.1) is 0 Å². The minimum Gasteiger partial charge on any atom is -0.497 e. The van der Waals surface area contributed by atoms with E-state index in [1.807, 2.05) is 24.3 Å². The molecule has 1 heterocycles. The number of aromatic amines is 1. The number of hydrogen-bond donors (Lipinski definition) is 2. The van der Waals surface area contributed by atoms with E-state index in [-0.39, 0.29) is 5.91 Å². The first-order valence-corrected chi connectivity index (χ1v) is 7.20. The van der Waals surface area contributed by atoms with Crippen molar-refractivity contribution in [3.8, 4) is 5.75 Å². The van der Waals surface area contributed by atoms with E-state index < -0.39 is 5.76 Å². The number of nitrogens with one attached hydrogen (secondary N) is 2. The zero-order valence-corrected chi connectivity index (χ0v) is 12.6. The molecule has 1 aromatic heterocycles. The zero-order chi connectivity index (χ0) is 16.2. The van der Waals surface area contributed by atoms with Crippen molar-refractivity contribution in [2.24, 2.45) is 0 Å². The maximum Gasteiger partial charge on any atom is 0.417 e. The molecule has 0 bridgehead atoms. The summed E-state index contributed by atoms with van der Waals surface area (Å²) in [6, 6.07) is 12.6. The molecule has 0 aliphatic heterocycles. The average Bonchev–Trinajstić information content (AvgIpc) is 2.92. The highest BCUT2D eigenvalue weighted by Gasteiger charge is 2.06.